The average Bonchev–Trinajstić information content (AvgIpc) is 2.65. The first-order chi connectivity index (χ1) is 13.9. The van der Waals surface area contributed by atoms with E-state index in [1.165, 1.54) is 45.6 Å². The Balaban J connectivity index is 2.12. The van der Waals surface area contributed by atoms with Crippen LogP contribution in [0.25, 0.3) is 11.0 Å². The van der Waals surface area contributed by atoms with Crippen LogP contribution in [0.15, 0.2) is 27.4 Å². The molecule has 0 amide bonds. The molecule has 0 radical (unpaired) electrons. The monoisotopic (exact) mass is 404 g/mol. The summed E-state index contributed by atoms with van der Waals surface area (Å²) in [5.74, 6) is 1.10. The lowest BCUT2D eigenvalue weighted by atomic mass is 10.1. The van der Waals surface area contributed by atoms with Crippen LogP contribution in [0.2, 0.25) is 0 Å². The molecule has 29 heavy (non-hydrogen) atoms. The van der Waals surface area contributed by atoms with Gasteiger partial charge in [0.2, 0.25) is 5.75 Å². The van der Waals surface area contributed by atoms with Crippen molar-refractivity contribution in [2.75, 3.05) is 13.7 Å². The Labute approximate surface area is 174 Å². The molecule has 5 heteroatoms. The van der Waals surface area contributed by atoms with Gasteiger partial charge in [-0.3, -0.25) is 0 Å². The number of unbranched alkanes of at least 4 members (excludes halogenated alkanes) is 7. The van der Waals surface area contributed by atoms with E-state index in [0.717, 1.165) is 12.8 Å². The third-order valence-electron chi connectivity index (χ3n) is 4.67. The highest BCUT2D eigenvalue weighted by atomic mass is 16.5. The van der Waals surface area contributed by atoms with Gasteiger partial charge in [-0.15, -0.1) is 0 Å². The first-order valence-corrected chi connectivity index (χ1v) is 10.8. The molecule has 0 N–H and O–H groups in total. The van der Waals surface area contributed by atoms with E-state index in [9.17, 15) is 4.79 Å². The fourth-order valence-electron chi connectivity index (χ4n) is 3.31. The minimum absolute atomic E-state index is 0.0852. The van der Waals surface area contributed by atoms with Crippen LogP contribution in [0.3, 0.4) is 0 Å². The van der Waals surface area contributed by atoms with E-state index in [0.29, 0.717) is 29.1 Å². The average molecular weight is 405 g/mol. The molecule has 0 saturated carbocycles. The van der Waals surface area contributed by atoms with Gasteiger partial charge < -0.3 is 18.6 Å². The van der Waals surface area contributed by atoms with Crippen LogP contribution in [0.4, 0.5) is 0 Å². The molecule has 2 rings (SSSR count). The second kappa shape index (κ2) is 11.1. The van der Waals surface area contributed by atoms with Crippen molar-refractivity contribution in [1.82, 2.24) is 0 Å². The molecule has 1 aromatic heterocycles. The first-order valence-electron chi connectivity index (χ1n) is 10.8. The summed E-state index contributed by atoms with van der Waals surface area (Å²) in [4.78, 5) is 12.3. The van der Waals surface area contributed by atoms with E-state index in [-0.39, 0.29) is 5.75 Å². The molecule has 0 aliphatic rings. The number of rotatable bonds is 12. The minimum Gasteiger partial charge on any atom is -0.489 e. The van der Waals surface area contributed by atoms with Crippen molar-refractivity contribution in [3.05, 3.63) is 28.6 Å². The summed E-state index contributed by atoms with van der Waals surface area (Å²) in [6.07, 6.45) is 9.75. The number of benzene rings is 1. The standard InChI is InChI=1S/C24H36O5/c1-6-7-8-9-10-11-12-13-17-27-21-20-18(28-23(25)22(21)26-5)15-14-16-19(20)29-24(2,3)4/h14-16H,6-13,17H2,1-5H3. The molecular weight excluding hydrogens is 368 g/mol. The van der Waals surface area contributed by atoms with Crippen molar-refractivity contribution in [3.63, 3.8) is 0 Å². The molecule has 1 heterocycles. The Morgan fingerprint density at radius 3 is 2.21 bits per heavy atom. The molecule has 1 aromatic carbocycles. The van der Waals surface area contributed by atoms with Crippen LogP contribution in [0.5, 0.6) is 17.2 Å². The molecule has 0 bridgehead atoms. The van der Waals surface area contributed by atoms with Gasteiger partial charge in [0, 0.05) is 0 Å². The fraction of sp³-hybridized carbons (Fsp3) is 0.625. The molecule has 0 atom stereocenters. The Morgan fingerprint density at radius 1 is 0.931 bits per heavy atom. The van der Waals surface area contributed by atoms with Gasteiger partial charge >= 0.3 is 5.63 Å². The van der Waals surface area contributed by atoms with Crippen molar-refractivity contribution in [3.8, 4) is 17.2 Å². The molecule has 0 fully saturated rings. The topological polar surface area (TPSA) is 57.9 Å². The number of hydrogen-bond donors (Lipinski definition) is 0. The summed E-state index contributed by atoms with van der Waals surface area (Å²) < 4.78 is 22.9. The third kappa shape index (κ3) is 6.98. The summed E-state index contributed by atoms with van der Waals surface area (Å²) in [6, 6.07) is 5.41. The summed E-state index contributed by atoms with van der Waals surface area (Å²) in [6.45, 7) is 8.68. The predicted octanol–water partition coefficient (Wildman–Crippen LogP) is 6.50. The van der Waals surface area contributed by atoms with Crippen LogP contribution in [-0.4, -0.2) is 19.3 Å². The van der Waals surface area contributed by atoms with Gasteiger partial charge in [-0.05, 0) is 39.3 Å². The fourth-order valence-corrected chi connectivity index (χ4v) is 3.31. The van der Waals surface area contributed by atoms with Gasteiger partial charge in [0.05, 0.1) is 13.7 Å². The van der Waals surface area contributed by atoms with E-state index in [4.69, 9.17) is 18.6 Å². The number of hydrogen-bond acceptors (Lipinski definition) is 5. The highest BCUT2D eigenvalue weighted by Crippen LogP contribution is 2.40. The van der Waals surface area contributed by atoms with E-state index < -0.39 is 11.2 Å². The van der Waals surface area contributed by atoms with Gasteiger partial charge in [0.15, 0.2) is 5.75 Å². The molecule has 2 aromatic rings. The summed E-state index contributed by atoms with van der Waals surface area (Å²) in [5.41, 5.74) is -0.505. The second-order valence-corrected chi connectivity index (χ2v) is 8.42. The molecule has 0 spiro atoms. The van der Waals surface area contributed by atoms with E-state index in [1.807, 2.05) is 26.8 Å². The van der Waals surface area contributed by atoms with Gasteiger partial charge in [-0.2, -0.15) is 0 Å². The molecule has 162 valence electrons. The van der Waals surface area contributed by atoms with Crippen molar-refractivity contribution in [2.45, 2.75) is 84.7 Å². The number of methoxy groups -OCH3 is 1. The van der Waals surface area contributed by atoms with Gasteiger partial charge in [-0.25, -0.2) is 4.79 Å². The van der Waals surface area contributed by atoms with Gasteiger partial charge in [0.1, 0.15) is 22.3 Å². The summed E-state index contributed by atoms with van der Waals surface area (Å²) in [7, 11) is 1.45. The van der Waals surface area contributed by atoms with Crippen LogP contribution in [-0.2, 0) is 0 Å². The van der Waals surface area contributed by atoms with Crippen LogP contribution in [0, 0.1) is 0 Å². The Hall–Kier alpha value is -2.17. The van der Waals surface area contributed by atoms with Gasteiger partial charge in [0.25, 0.3) is 0 Å². The molecular formula is C24H36O5. The van der Waals surface area contributed by atoms with Gasteiger partial charge in [-0.1, -0.05) is 57.9 Å². The van der Waals surface area contributed by atoms with Crippen molar-refractivity contribution >= 4 is 11.0 Å². The normalized spacial score (nSPS) is 11.6. The lowest BCUT2D eigenvalue weighted by Gasteiger charge is -2.23. The lowest BCUT2D eigenvalue weighted by Crippen LogP contribution is -2.23. The van der Waals surface area contributed by atoms with E-state index >= 15 is 0 Å². The third-order valence-corrected chi connectivity index (χ3v) is 4.67. The Morgan fingerprint density at radius 2 is 1.59 bits per heavy atom. The Kier molecular flexibility index (Phi) is 8.87. The summed E-state index contributed by atoms with van der Waals surface area (Å²) >= 11 is 0. The molecule has 5 nitrogen and oxygen atoms in total. The zero-order valence-corrected chi connectivity index (χ0v) is 18.6. The molecule has 0 saturated heterocycles. The zero-order valence-electron chi connectivity index (χ0n) is 18.6. The van der Waals surface area contributed by atoms with Crippen LogP contribution < -0.4 is 19.8 Å². The molecule has 0 unspecified atom stereocenters. The minimum atomic E-state index is -0.543. The molecule has 0 aliphatic heterocycles. The maximum Gasteiger partial charge on any atom is 0.383 e. The number of fused-ring (bicyclic) bond motifs is 1. The van der Waals surface area contributed by atoms with Crippen molar-refractivity contribution in [1.29, 1.82) is 0 Å². The maximum absolute atomic E-state index is 12.3. The zero-order chi connectivity index (χ0) is 21.3. The second-order valence-electron chi connectivity index (χ2n) is 8.42. The highest BCUT2D eigenvalue weighted by molar-refractivity contribution is 5.91. The summed E-state index contributed by atoms with van der Waals surface area (Å²) in [5, 5.41) is 0.637. The SMILES string of the molecule is CCCCCCCCCCOc1c(OC)c(=O)oc2cccc(OC(C)(C)C)c12. The highest BCUT2D eigenvalue weighted by Gasteiger charge is 2.22. The Bertz CT molecular complexity index is 816. The quantitative estimate of drug-likeness (QED) is 0.298. The van der Waals surface area contributed by atoms with Crippen molar-refractivity contribution in [2.24, 2.45) is 0 Å². The van der Waals surface area contributed by atoms with E-state index in [2.05, 4.69) is 6.92 Å². The maximum atomic E-state index is 12.3. The van der Waals surface area contributed by atoms with Crippen LogP contribution in [0.1, 0.15) is 79.1 Å². The largest absolute Gasteiger partial charge is 0.489 e. The first kappa shape index (κ1) is 23.1. The van der Waals surface area contributed by atoms with Crippen molar-refractivity contribution < 1.29 is 18.6 Å². The molecule has 0 aliphatic carbocycles. The van der Waals surface area contributed by atoms with Crippen LogP contribution >= 0.6 is 0 Å². The lowest BCUT2D eigenvalue weighted by molar-refractivity contribution is 0.132. The smallest absolute Gasteiger partial charge is 0.383 e. The van der Waals surface area contributed by atoms with E-state index in [1.54, 1.807) is 12.1 Å². The predicted molar refractivity (Wildman–Crippen MR) is 118 cm³/mol. The number of ether oxygens (including phenoxy) is 3.